The van der Waals surface area contributed by atoms with Gasteiger partial charge in [-0.05, 0) is 68.1 Å². The third kappa shape index (κ3) is 5.28. The van der Waals surface area contributed by atoms with Gasteiger partial charge in [-0.15, -0.1) is 0 Å². The molecule has 0 aliphatic carbocycles. The largest absolute Gasteiger partial charge is 0.497 e. The van der Waals surface area contributed by atoms with E-state index in [1.807, 2.05) is 54.3 Å². The third-order valence-electron chi connectivity index (χ3n) is 5.75. The first-order valence-corrected chi connectivity index (χ1v) is 11.1. The minimum absolute atomic E-state index is 0.135. The average molecular weight is 436 g/mol. The van der Waals surface area contributed by atoms with Gasteiger partial charge in [-0.25, -0.2) is 0 Å². The molecule has 32 heavy (non-hydrogen) atoms. The quantitative estimate of drug-likeness (QED) is 0.498. The van der Waals surface area contributed by atoms with Crippen molar-refractivity contribution in [1.82, 2.24) is 15.0 Å². The molecular formula is C25H29N3O4. The minimum Gasteiger partial charge on any atom is -0.497 e. The van der Waals surface area contributed by atoms with Crippen LogP contribution in [0.5, 0.6) is 11.5 Å². The summed E-state index contributed by atoms with van der Waals surface area (Å²) in [5, 5.41) is 4.06. The molecular weight excluding hydrogens is 406 g/mol. The second-order valence-corrected chi connectivity index (χ2v) is 7.91. The van der Waals surface area contributed by atoms with Crippen LogP contribution in [0.4, 0.5) is 0 Å². The van der Waals surface area contributed by atoms with E-state index in [9.17, 15) is 4.79 Å². The Morgan fingerprint density at radius 1 is 1.19 bits per heavy atom. The number of aromatic nitrogens is 2. The normalized spacial score (nSPS) is 15.7. The Kier molecular flexibility index (Phi) is 7.04. The molecule has 0 N–H and O–H groups in total. The Morgan fingerprint density at radius 3 is 2.81 bits per heavy atom. The van der Waals surface area contributed by atoms with Crippen LogP contribution < -0.4 is 9.47 Å². The van der Waals surface area contributed by atoms with Crippen LogP contribution in [0.2, 0.25) is 0 Å². The maximum absolute atomic E-state index is 12.9. The van der Waals surface area contributed by atoms with Gasteiger partial charge in [0.1, 0.15) is 11.5 Å². The first-order chi connectivity index (χ1) is 15.7. The van der Waals surface area contributed by atoms with E-state index in [1.165, 1.54) is 5.56 Å². The molecule has 0 bridgehead atoms. The molecule has 1 unspecified atom stereocenters. The fraction of sp³-hybridized carbons (Fsp3) is 0.400. The highest BCUT2D eigenvalue weighted by atomic mass is 16.5. The van der Waals surface area contributed by atoms with Gasteiger partial charge in [-0.1, -0.05) is 17.3 Å². The number of ether oxygens (including phenoxy) is 2. The summed E-state index contributed by atoms with van der Waals surface area (Å²) in [6.45, 7) is 3.37. The van der Waals surface area contributed by atoms with E-state index in [0.29, 0.717) is 31.2 Å². The Hall–Kier alpha value is -3.35. The van der Waals surface area contributed by atoms with Gasteiger partial charge in [-0.2, -0.15) is 4.98 Å². The van der Waals surface area contributed by atoms with Crippen LogP contribution in [0.1, 0.15) is 37.6 Å². The van der Waals surface area contributed by atoms with Gasteiger partial charge in [0, 0.05) is 31.0 Å². The third-order valence-corrected chi connectivity index (χ3v) is 5.75. The number of benzene rings is 2. The van der Waals surface area contributed by atoms with E-state index < -0.39 is 0 Å². The van der Waals surface area contributed by atoms with Crippen LogP contribution in [0, 0.1) is 0 Å². The first kappa shape index (κ1) is 21.9. The average Bonchev–Trinajstić information content (AvgIpc) is 3.48. The van der Waals surface area contributed by atoms with Crippen LogP contribution in [0.25, 0.3) is 11.4 Å². The van der Waals surface area contributed by atoms with Gasteiger partial charge in [-0.3, -0.25) is 4.79 Å². The predicted octanol–water partition coefficient (Wildman–Crippen LogP) is 4.31. The van der Waals surface area contributed by atoms with Gasteiger partial charge in [0.05, 0.1) is 13.7 Å². The van der Waals surface area contributed by atoms with Gasteiger partial charge in [0.25, 0.3) is 0 Å². The summed E-state index contributed by atoms with van der Waals surface area (Å²) in [5.41, 5.74) is 2.04. The molecule has 0 saturated carbocycles. The van der Waals surface area contributed by atoms with Crippen molar-refractivity contribution in [1.29, 1.82) is 0 Å². The second-order valence-electron chi connectivity index (χ2n) is 7.91. The van der Waals surface area contributed by atoms with Crippen molar-refractivity contribution in [3.8, 4) is 22.9 Å². The Bertz CT molecular complexity index is 1030. The molecule has 1 atom stereocenters. The molecule has 2 heterocycles. The van der Waals surface area contributed by atoms with Crippen molar-refractivity contribution >= 4 is 5.91 Å². The number of carbonyl (C=O) groups excluding carboxylic acids is 1. The van der Waals surface area contributed by atoms with Crippen LogP contribution in [0.3, 0.4) is 0 Å². The number of hydrogen-bond acceptors (Lipinski definition) is 6. The highest BCUT2D eigenvalue weighted by Gasteiger charge is 2.28. The second kappa shape index (κ2) is 10.3. The lowest BCUT2D eigenvalue weighted by atomic mass is 10.0. The maximum Gasteiger partial charge on any atom is 0.227 e. The van der Waals surface area contributed by atoms with Gasteiger partial charge in [0.2, 0.25) is 17.6 Å². The molecule has 1 amide bonds. The van der Waals surface area contributed by atoms with Crippen LogP contribution in [-0.4, -0.2) is 47.3 Å². The fourth-order valence-electron chi connectivity index (χ4n) is 4.15. The van der Waals surface area contributed by atoms with E-state index in [-0.39, 0.29) is 11.9 Å². The standard InChI is InChI=1S/C25H29N3O4/c1-3-31-21-11-9-19(10-12-21)25-26-23(32-27-25)13-14-24(29)28-15-5-7-20(28)16-18-6-4-8-22(17-18)30-2/h4,6,8-12,17,20H,3,5,7,13-16H2,1-2H3. The highest BCUT2D eigenvalue weighted by molar-refractivity contribution is 5.77. The number of carbonyl (C=O) groups is 1. The van der Waals surface area contributed by atoms with Crippen LogP contribution >= 0.6 is 0 Å². The molecule has 7 nitrogen and oxygen atoms in total. The predicted molar refractivity (Wildman–Crippen MR) is 121 cm³/mol. The topological polar surface area (TPSA) is 77.7 Å². The van der Waals surface area contributed by atoms with Crippen molar-refractivity contribution in [3.63, 3.8) is 0 Å². The highest BCUT2D eigenvalue weighted by Crippen LogP contribution is 2.25. The molecule has 4 rings (SSSR count). The van der Waals surface area contributed by atoms with Crippen molar-refractivity contribution in [2.45, 2.75) is 45.1 Å². The molecule has 3 aromatic rings. The summed E-state index contributed by atoms with van der Waals surface area (Å²) in [6, 6.07) is 15.8. The molecule has 1 saturated heterocycles. The lowest BCUT2D eigenvalue weighted by Gasteiger charge is -2.25. The monoisotopic (exact) mass is 435 g/mol. The summed E-state index contributed by atoms with van der Waals surface area (Å²) < 4.78 is 16.2. The zero-order valence-electron chi connectivity index (χ0n) is 18.6. The van der Waals surface area contributed by atoms with Crippen molar-refractivity contribution < 1.29 is 18.8 Å². The SMILES string of the molecule is CCOc1ccc(-c2noc(CCC(=O)N3CCCC3Cc3cccc(OC)c3)n2)cc1. The number of nitrogens with zero attached hydrogens (tertiary/aromatic N) is 3. The zero-order valence-corrected chi connectivity index (χ0v) is 18.6. The van der Waals surface area contributed by atoms with Crippen LogP contribution in [-0.2, 0) is 17.6 Å². The number of aryl methyl sites for hydroxylation is 1. The fourth-order valence-corrected chi connectivity index (χ4v) is 4.15. The van der Waals surface area contributed by atoms with Crippen molar-refractivity contribution in [2.75, 3.05) is 20.3 Å². The van der Waals surface area contributed by atoms with Gasteiger partial charge in [0.15, 0.2) is 0 Å². The summed E-state index contributed by atoms with van der Waals surface area (Å²) >= 11 is 0. The van der Waals surface area contributed by atoms with E-state index >= 15 is 0 Å². The number of amides is 1. The molecule has 2 aromatic carbocycles. The lowest BCUT2D eigenvalue weighted by Crippen LogP contribution is -2.36. The van der Waals surface area contributed by atoms with Crippen molar-refractivity contribution in [2.24, 2.45) is 0 Å². The number of likely N-dealkylation sites (tertiary alicyclic amines) is 1. The van der Waals surface area contributed by atoms with Crippen molar-refractivity contribution in [3.05, 3.63) is 60.0 Å². The molecule has 0 radical (unpaired) electrons. The summed E-state index contributed by atoms with van der Waals surface area (Å²) in [7, 11) is 1.67. The van der Waals surface area contributed by atoms with E-state index in [0.717, 1.165) is 42.9 Å². The maximum atomic E-state index is 12.9. The molecule has 7 heteroatoms. The van der Waals surface area contributed by atoms with Crippen LogP contribution in [0.15, 0.2) is 53.1 Å². The number of hydrogen-bond donors (Lipinski definition) is 0. The lowest BCUT2D eigenvalue weighted by molar-refractivity contribution is -0.132. The van der Waals surface area contributed by atoms with E-state index in [1.54, 1.807) is 7.11 Å². The zero-order chi connectivity index (χ0) is 22.3. The number of rotatable bonds is 9. The molecule has 1 aliphatic rings. The summed E-state index contributed by atoms with van der Waals surface area (Å²) in [5.74, 6) is 2.78. The Balaban J connectivity index is 1.33. The smallest absolute Gasteiger partial charge is 0.227 e. The van der Waals surface area contributed by atoms with E-state index in [4.69, 9.17) is 14.0 Å². The molecule has 1 aliphatic heterocycles. The molecule has 168 valence electrons. The number of methoxy groups -OCH3 is 1. The molecule has 1 aromatic heterocycles. The Labute approximate surface area is 188 Å². The first-order valence-electron chi connectivity index (χ1n) is 11.1. The molecule has 1 fully saturated rings. The summed E-state index contributed by atoms with van der Waals surface area (Å²) in [4.78, 5) is 19.4. The summed E-state index contributed by atoms with van der Waals surface area (Å²) in [6.07, 6.45) is 3.68. The van der Waals surface area contributed by atoms with E-state index in [2.05, 4.69) is 16.2 Å². The Morgan fingerprint density at radius 2 is 2.03 bits per heavy atom. The minimum atomic E-state index is 0.135. The molecule has 0 spiro atoms. The van der Waals surface area contributed by atoms with Gasteiger partial charge < -0.3 is 18.9 Å². The van der Waals surface area contributed by atoms with Gasteiger partial charge >= 0.3 is 0 Å².